The molecule has 1 N–H and O–H groups in total. The molecule has 5 heteroatoms. The zero-order valence-corrected chi connectivity index (χ0v) is 29.6. The normalized spacial score (nSPS) is 11.7. The summed E-state index contributed by atoms with van der Waals surface area (Å²) in [6, 6.07) is 64.1. The van der Waals surface area contributed by atoms with Crippen LogP contribution in [0.3, 0.4) is 0 Å². The molecule has 5 nitrogen and oxygen atoms in total. The molecule has 0 radical (unpaired) electrons. The van der Waals surface area contributed by atoms with Crippen LogP contribution in [-0.4, -0.2) is 5.11 Å². The smallest absolute Gasteiger partial charge is 0.139 e. The van der Waals surface area contributed by atoms with Gasteiger partial charge in [-0.2, -0.15) is 0 Å². The number of furan rings is 2. The predicted molar refractivity (Wildman–Crippen MR) is 227 cm³/mol. The molecule has 0 saturated carbocycles. The summed E-state index contributed by atoms with van der Waals surface area (Å²) in [5, 5.41) is 20.6. The van der Waals surface area contributed by atoms with Crippen LogP contribution in [0, 0.1) is 0 Å². The molecule has 0 aliphatic heterocycles. The number of rotatable bonds is 6. The average Bonchev–Trinajstić information content (AvgIpc) is 3.81. The Morgan fingerprint density at radius 3 is 1.33 bits per heavy atom. The molecule has 0 bridgehead atoms. The van der Waals surface area contributed by atoms with Gasteiger partial charge in [-0.25, -0.2) is 0 Å². The molecule has 2 aromatic heterocycles. The average molecular weight is 709 g/mol. The Kier molecular flexibility index (Phi) is 6.94. The van der Waals surface area contributed by atoms with E-state index in [4.69, 9.17) is 8.83 Å². The first-order valence-corrected chi connectivity index (χ1v) is 18.4. The minimum Gasteiger partial charge on any atom is -0.506 e. The van der Waals surface area contributed by atoms with Gasteiger partial charge in [0.15, 0.2) is 0 Å². The van der Waals surface area contributed by atoms with Crippen LogP contribution in [-0.2, 0) is 0 Å². The molecular weight excluding hydrogens is 677 g/mol. The van der Waals surface area contributed by atoms with Gasteiger partial charge in [0.25, 0.3) is 0 Å². The zero-order chi connectivity index (χ0) is 36.5. The maximum Gasteiger partial charge on any atom is 0.139 e. The summed E-state index contributed by atoms with van der Waals surface area (Å²) in [5.41, 5.74) is 8.64. The van der Waals surface area contributed by atoms with E-state index in [0.29, 0.717) is 5.69 Å². The van der Waals surface area contributed by atoms with Crippen molar-refractivity contribution in [3.63, 3.8) is 0 Å². The Bertz CT molecular complexity index is 3240. The fraction of sp³-hybridized carbons (Fsp3) is 0. The first-order valence-electron chi connectivity index (χ1n) is 18.4. The molecule has 11 rings (SSSR count). The molecule has 0 unspecified atom stereocenters. The standard InChI is InChI=1S/C50H32N2O3/c53-44-24-21-38(51(34-13-3-1-4-14-34)36-22-27-45-41(29-36)49-39-17-9-7-11-32(39)19-25-47(49)54-45)31-43(44)52(35-15-5-2-6-16-35)37-23-28-46-42(30-37)50-40-18-10-8-12-33(40)20-26-48(50)55-46/h1-31,53H. The van der Waals surface area contributed by atoms with E-state index in [1.807, 2.05) is 54.6 Å². The van der Waals surface area contributed by atoms with Gasteiger partial charge in [-0.05, 0) is 113 Å². The van der Waals surface area contributed by atoms with E-state index in [-0.39, 0.29) is 5.75 Å². The van der Waals surface area contributed by atoms with Gasteiger partial charge in [0.05, 0.1) is 5.69 Å². The summed E-state index contributed by atoms with van der Waals surface area (Å²) < 4.78 is 12.8. The summed E-state index contributed by atoms with van der Waals surface area (Å²) in [7, 11) is 0. The van der Waals surface area contributed by atoms with E-state index in [1.165, 1.54) is 5.39 Å². The Morgan fingerprint density at radius 2 is 0.764 bits per heavy atom. The summed E-state index contributed by atoms with van der Waals surface area (Å²) >= 11 is 0. The van der Waals surface area contributed by atoms with Gasteiger partial charge < -0.3 is 23.7 Å². The van der Waals surface area contributed by atoms with Crippen molar-refractivity contribution in [3.05, 3.63) is 188 Å². The maximum atomic E-state index is 11.8. The van der Waals surface area contributed by atoms with Crippen molar-refractivity contribution < 1.29 is 13.9 Å². The van der Waals surface area contributed by atoms with E-state index in [0.717, 1.165) is 88.5 Å². The molecule has 55 heavy (non-hydrogen) atoms. The highest BCUT2D eigenvalue weighted by molar-refractivity contribution is 6.20. The van der Waals surface area contributed by atoms with Gasteiger partial charge >= 0.3 is 0 Å². The number of hydrogen-bond donors (Lipinski definition) is 1. The van der Waals surface area contributed by atoms with E-state index in [9.17, 15) is 5.11 Å². The first kappa shape index (κ1) is 31.1. The lowest BCUT2D eigenvalue weighted by Crippen LogP contribution is -2.13. The predicted octanol–water partition coefficient (Wildman–Crippen LogP) is 14.4. The lowest BCUT2D eigenvalue weighted by molar-refractivity contribution is 0.476. The number of nitrogens with zero attached hydrogens (tertiary/aromatic N) is 2. The number of fused-ring (bicyclic) bond motifs is 10. The van der Waals surface area contributed by atoms with Gasteiger partial charge in [0, 0.05) is 50.0 Å². The number of para-hydroxylation sites is 2. The molecule has 0 spiro atoms. The highest BCUT2D eigenvalue weighted by atomic mass is 16.3. The highest BCUT2D eigenvalue weighted by Crippen LogP contribution is 2.47. The van der Waals surface area contributed by atoms with E-state index < -0.39 is 0 Å². The minimum atomic E-state index is 0.158. The molecule has 0 aliphatic carbocycles. The van der Waals surface area contributed by atoms with Crippen LogP contribution in [0.5, 0.6) is 5.75 Å². The second-order valence-electron chi connectivity index (χ2n) is 13.9. The van der Waals surface area contributed by atoms with Crippen LogP contribution in [0.25, 0.3) is 65.4 Å². The number of anilines is 6. The summed E-state index contributed by atoms with van der Waals surface area (Å²) in [6.45, 7) is 0. The summed E-state index contributed by atoms with van der Waals surface area (Å²) in [4.78, 5) is 4.35. The molecule has 0 saturated heterocycles. The van der Waals surface area contributed by atoms with Crippen molar-refractivity contribution in [2.45, 2.75) is 0 Å². The molecule has 11 aromatic rings. The van der Waals surface area contributed by atoms with Gasteiger partial charge in [-0.1, -0.05) is 97.1 Å². The fourth-order valence-electron chi connectivity index (χ4n) is 8.21. The highest BCUT2D eigenvalue weighted by Gasteiger charge is 2.22. The number of phenols is 1. The van der Waals surface area contributed by atoms with Crippen molar-refractivity contribution in [1.82, 2.24) is 0 Å². The molecule has 9 aromatic carbocycles. The monoisotopic (exact) mass is 708 g/mol. The quantitative estimate of drug-likeness (QED) is 0.186. The lowest BCUT2D eigenvalue weighted by atomic mass is 10.0. The van der Waals surface area contributed by atoms with Gasteiger partial charge in [0.1, 0.15) is 28.1 Å². The number of aromatic hydroxyl groups is 1. The van der Waals surface area contributed by atoms with Crippen LogP contribution in [0.2, 0.25) is 0 Å². The number of benzene rings is 9. The van der Waals surface area contributed by atoms with E-state index in [2.05, 4.69) is 137 Å². The fourth-order valence-corrected chi connectivity index (χ4v) is 8.21. The van der Waals surface area contributed by atoms with Gasteiger partial charge in [-0.15, -0.1) is 0 Å². The number of hydrogen-bond acceptors (Lipinski definition) is 5. The molecule has 0 atom stereocenters. The third kappa shape index (κ3) is 5.02. The van der Waals surface area contributed by atoms with Crippen molar-refractivity contribution in [1.29, 1.82) is 0 Å². The Morgan fingerprint density at radius 1 is 0.327 bits per heavy atom. The van der Waals surface area contributed by atoms with Gasteiger partial charge in [-0.3, -0.25) is 0 Å². The Labute approximate surface area is 316 Å². The largest absolute Gasteiger partial charge is 0.506 e. The summed E-state index contributed by atoms with van der Waals surface area (Å²) in [6.07, 6.45) is 0. The Balaban J connectivity index is 1.12. The third-order valence-corrected chi connectivity index (χ3v) is 10.7. The van der Waals surface area contributed by atoms with Crippen molar-refractivity contribution >= 4 is 99.5 Å². The van der Waals surface area contributed by atoms with E-state index >= 15 is 0 Å². The van der Waals surface area contributed by atoms with Crippen LogP contribution < -0.4 is 9.80 Å². The second kappa shape index (κ2) is 12.3. The maximum absolute atomic E-state index is 11.8. The Hall–Kier alpha value is -7.50. The second-order valence-corrected chi connectivity index (χ2v) is 13.9. The SMILES string of the molecule is Oc1ccc(N(c2ccccc2)c2ccc3oc4ccc5ccccc5c4c3c2)cc1N(c1ccccc1)c1ccc2oc3ccc4ccccc4c3c2c1. The zero-order valence-electron chi connectivity index (χ0n) is 29.6. The number of phenolic OH excluding ortho intramolecular Hbond substituents is 1. The molecule has 0 aliphatic rings. The third-order valence-electron chi connectivity index (χ3n) is 10.7. The molecule has 0 amide bonds. The molecule has 260 valence electrons. The van der Waals surface area contributed by atoms with Crippen LogP contribution in [0.4, 0.5) is 34.1 Å². The molecule has 2 heterocycles. The molecule has 0 fully saturated rings. The van der Waals surface area contributed by atoms with Crippen molar-refractivity contribution in [2.75, 3.05) is 9.80 Å². The molecular formula is C50H32N2O3. The van der Waals surface area contributed by atoms with E-state index in [1.54, 1.807) is 6.07 Å². The van der Waals surface area contributed by atoms with Crippen LogP contribution in [0.1, 0.15) is 0 Å². The van der Waals surface area contributed by atoms with Gasteiger partial charge in [0.2, 0.25) is 0 Å². The van der Waals surface area contributed by atoms with Crippen molar-refractivity contribution in [3.8, 4) is 5.75 Å². The lowest BCUT2D eigenvalue weighted by Gasteiger charge is -2.30. The summed E-state index contributed by atoms with van der Waals surface area (Å²) in [5.74, 6) is 0.158. The van der Waals surface area contributed by atoms with Crippen molar-refractivity contribution in [2.24, 2.45) is 0 Å². The van der Waals surface area contributed by atoms with Crippen LogP contribution >= 0.6 is 0 Å². The minimum absolute atomic E-state index is 0.158. The van der Waals surface area contributed by atoms with Crippen LogP contribution in [0.15, 0.2) is 197 Å². The first-order chi connectivity index (χ1) is 27.2. The topological polar surface area (TPSA) is 53.0 Å².